The van der Waals surface area contributed by atoms with Crippen LogP contribution in [-0.2, 0) is 9.59 Å². The van der Waals surface area contributed by atoms with Crippen molar-refractivity contribution in [2.75, 3.05) is 11.9 Å². The molecule has 1 aromatic carbocycles. The van der Waals surface area contributed by atoms with Crippen LogP contribution in [0.2, 0.25) is 0 Å². The van der Waals surface area contributed by atoms with E-state index >= 15 is 0 Å². The molecule has 3 N–H and O–H groups in total. The van der Waals surface area contributed by atoms with Crippen LogP contribution in [0.1, 0.15) is 32.3 Å². The minimum absolute atomic E-state index is 0.149. The number of amides is 1. The predicted octanol–water partition coefficient (Wildman–Crippen LogP) is 1.81. The van der Waals surface area contributed by atoms with Gasteiger partial charge in [-0.25, -0.2) is 4.79 Å². The molecule has 0 heterocycles. The summed E-state index contributed by atoms with van der Waals surface area (Å²) in [7, 11) is 0. The summed E-state index contributed by atoms with van der Waals surface area (Å²) in [5, 5.41) is 14.4. The molecule has 1 unspecified atom stereocenters. The van der Waals surface area contributed by atoms with Crippen LogP contribution in [-0.4, -0.2) is 29.6 Å². The van der Waals surface area contributed by atoms with E-state index in [1.807, 2.05) is 24.3 Å². The van der Waals surface area contributed by atoms with Crippen molar-refractivity contribution < 1.29 is 14.7 Å². The number of aliphatic carboxylic acids is 1. The number of hydrogen-bond donors (Lipinski definition) is 3. The van der Waals surface area contributed by atoms with Gasteiger partial charge in [-0.05, 0) is 23.6 Å². The zero-order valence-corrected chi connectivity index (χ0v) is 11.4. The molecule has 0 aliphatic carbocycles. The van der Waals surface area contributed by atoms with Crippen molar-refractivity contribution in [3.05, 3.63) is 29.8 Å². The molecule has 1 rings (SSSR count). The van der Waals surface area contributed by atoms with E-state index < -0.39 is 12.0 Å². The third-order valence-electron chi connectivity index (χ3n) is 2.74. The number of nitrogens with one attached hydrogen (secondary N) is 2. The molecule has 1 atom stereocenters. The van der Waals surface area contributed by atoms with E-state index in [4.69, 9.17) is 5.11 Å². The molecule has 0 spiro atoms. The molecule has 0 radical (unpaired) electrons. The average molecular weight is 264 g/mol. The van der Waals surface area contributed by atoms with Crippen LogP contribution in [0.25, 0.3) is 0 Å². The SMILES string of the molecule is CC(=O)NC(CNc1cccc(C(C)C)c1)C(=O)O. The van der Waals surface area contributed by atoms with Gasteiger partial charge in [0.2, 0.25) is 5.91 Å². The summed E-state index contributed by atoms with van der Waals surface area (Å²) in [4.78, 5) is 21.9. The van der Waals surface area contributed by atoms with Crippen molar-refractivity contribution in [3.63, 3.8) is 0 Å². The first-order valence-electron chi connectivity index (χ1n) is 6.24. The standard InChI is InChI=1S/C14H20N2O3/c1-9(2)11-5-4-6-12(7-11)15-8-13(14(18)19)16-10(3)17/h4-7,9,13,15H,8H2,1-3H3,(H,16,17)(H,18,19). The molecule has 5 nitrogen and oxygen atoms in total. The van der Waals surface area contributed by atoms with Crippen molar-refractivity contribution in [3.8, 4) is 0 Å². The normalized spacial score (nSPS) is 12.0. The molecular weight excluding hydrogens is 244 g/mol. The van der Waals surface area contributed by atoms with Gasteiger partial charge in [-0.2, -0.15) is 0 Å². The van der Waals surface area contributed by atoms with Crippen LogP contribution in [0.15, 0.2) is 24.3 Å². The van der Waals surface area contributed by atoms with Crippen molar-refractivity contribution in [1.29, 1.82) is 0 Å². The van der Waals surface area contributed by atoms with Gasteiger partial charge in [0.1, 0.15) is 6.04 Å². The Kier molecular flexibility index (Phi) is 5.36. The highest BCUT2D eigenvalue weighted by Gasteiger charge is 2.17. The number of carbonyl (C=O) groups is 2. The second-order valence-corrected chi connectivity index (χ2v) is 4.75. The van der Waals surface area contributed by atoms with E-state index in [9.17, 15) is 9.59 Å². The molecule has 0 aliphatic heterocycles. The van der Waals surface area contributed by atoms with Crippen molar-refractivity contribution in [2.24, 2.45) is 0 Å². The Bertz CT molecular complexity index is 458. The Hall–Kier alpha value is -2.04. The van der Waals surface area contributed by atoms with Gasteiger partial charge in [0.15, 0.2) is 0 Å². The second kappa shape index (κ2) is 6.78. The van der Waals surface area contributed by atoms with Gasteiger partial charge in [0.05, 0.1) is 0 Å². The number of hydrogen-bond acceptors (Lipinski definition) is 3. The van der Waals surface area contributed by atoms with Crippen LogP contribution in [0.3, 0.4) is 0 Å². The van der Waals surface area contributed by atoms with Gasteiger partial charge in [0, 0.05) is 19.2 Å². The van der Waals surface area contributed by atoms with E-state index in [1.54, 1.807) is 0 Å². The number of carboxylic acid groups (broad SMARTS) is 1. The fraction of sp³-hybridized carbons (Fsp3) is 0.429. The first kappa shape index (κ1) is 15.0. The van der Waals surface area contributed by atoms with Gasteiger partial charge in [-0.1, -0.05) is 26.0 Å². The first-order valence-corrected chi connectivity index (χ1v) is 6.24. The Morgan fingerprint density at radius 1 is 1.32 bits per heavy atom. The summed E-state index contributed by atoms with van der Waals surface area (Å²) in [5.41, 5.74) is 2.03. The number of carbonyl (C=O) groups excluding carboxylic acids is 1. The first-order chi connectivity index (χ1) is 8.90. The molecule has 0 saturated heterocycles. The lowest BCUT2D eigenvalue weighted by Crippen LogP contribution is -2.44. The lowest BCUT2D eigenvalue weighted by atomic mass is 10.0. The predicted molar refractivity (Wildman–Crippen MR) is 74.3 cm³/mol. The maximum absolute atomic E-state index is 11.0. The van der Waals surface area contributed by atoms with Crippen LogP contribution in [0.5, 0.6) is 0 Å². The molecule has 0 fully saturated rings. The Labute approximate surface area is 113 Å². The molecule has 1 aromatic rings. The summed E-state index contributed by atoms with van der Waals surface area (Å²) in [6, 6.07) is 6.88. The number of benzene rings is 1. The largest absolute Gasteiger partial charge is 0.480 e. The number of rotatable bonds is 6. The Balaban J connectivity index is 2.66. The Morgan fingerprint density at radius 3 is 2.53 bits per heavy atom. The van der Waals surface area contributed by atoms with Crippen molar-refractivity contribution >= 4 is 17.6 Å². The van der Waals surface area contributed by atoms with E-state index in [0.717, 1.165) is 5.69 Å². The highest BCUT2D eigenvalue weighted by molar-refractivity contribution is 5.82. The van der Waals surface area contributed by atoms with E-state index in [0.29, 0.717) is 5.92 Å². The highest BCUT2D eigenvalue weighted by atomic mass is 16.4. The van der Waals surface area contributed by atoms with Gasteiger partial charge in [-0.15, -0.1) is 0 Å². The summed E-state index contributed by atoms with van der Waals surface area (Å²) in [5.74, 6) is -1.000. The monoisotopic (exact) mass is 264 g/mol. The van der Waals surface area contributed by atoms with Gasteiger partial charge >= 0.3 is 5.97 Å². The van der Waals surface area contributed by atoms with Crippen molar-refractivity contribution in [1.82, 2.24) is 5.32 Å². The van der Waals surface area contributed by atoms with Crippen LogP contribution >= 0.6 is 0 Å². The molecule has 1 amide bonds. The minimum Gasteiger partial charge on any atom is -0.480 e. The number of carboxylic acids is 1. The zero-order valence-electron chi connectivity index (χ0n) is 11.4. The summed E-state index contributed by atoms with van der Waals surface area (Å²) in [6.45, 7) is 5.64. The fourth-order valence-corrected chi connectivity index (χ4v) is 1.67. The van der Waals surface area contributed by atoms with E-state index in [1.165, 1.54) is 12.5 Å². The minimum atomic E-state index is -1.05. The topological polar surface area (TPSA) is 78.4 Å². The van der Waals surface area contributed by atoms with Gasteiger partial charge < -0.3 is 15.7 Å². The summed E-state index contributed by atoms with van der Waals surface area (Å²) in [6.07, 6.45) is 0. The molecule has 5 heteroatoms. The third kappa shape index (κ3) is 4.99. The summed E-state index contributed by atoms with van der Waals surface area (Å²) < 4.78 is 0. The maximum Gasteiger partial charge on any atom is 0.328 e. The molecule has 0 saturated carbocycles. The maximum atomic E-state index is 11.0. The third-order valence-corrected chi connectivity index (χ3v) is 2.74. The van der Waals surface area contributed by atoms with Crippen LogP contribution < -0.4 is 10.6 Å². The van der Waals surface area contributed by atoms with E-state index in [2.05, 4.69) is 24.5 Å². The smallest absolute Gasteiger partial charge is 0.328 e. The summed E-state index contributed by atoms with van der Waals surface area (Å²) >= 11 is 0. The second-order valence-electron chi connectivity index (χ2n) is 4.75. The molecule has 0 aromatic heterocycles. The lowest BCUT2D eigenvalue weighted by Gasteiger charge is -2.16. The highest BCUT2D eigenvalue weighted by Crippen LogP contribution is 2.18. The lowest BCUT2D eigenvalue weighted by molar-refractivity contribution is -0.141. The average Bonchev–Trinajstić information content (AvgIpc) is 2.34. The molecular formula is C14H20N2O3. The van der Waals surface area contributed by atoms with Gasteiger partial charge in [-0.3, -0.25) is 4.79 Å². The van der Waals surface area contributed by atoms with Crippen LogP contribution in [0, 0.1) is 0 Å². The van der Waals surface area contributed by atoms with Crippen molar-refractivity contribution in [2.45, 2.75) is 32.7 Å². The number of anilines is 1. The molecule has 0 bridgehead atoms. The quantitative estimate of drug-likeness (QED) is 0.732. The fourth-order valence-electron chi connectivity index (χ4n) is 1.67. The Morgan fingerprint density at radius 2 is 2.00 bits per heavy atom. The zero-order chi connectivity index (χ0) is 14.4. The van der Waals surface area contributed by atoms with Gasteiger partial charge in [0.25, 0.3) is 0 Å². The molecule has 0 aliphatic rings. The molecule has 104 valence electrons. The van der Waals surface area contributed by atoms with E-state index in [-0.39, 0.29) is 12.5 Å². The van der Waals surface area contributed by atoms with Crippen LogP contribution in [0.4, 0.5) is 5.69 Å². The molecule has 19 heavy (non-hydrogen) atoms.